The predicted octanol–water partition coefficient (Wildman–Crippen LogP) is 2.62. The summed E-state index contributed by atoms with van der Waals surface area (Å²) in [5.41, 5.74) is 2.37. The van der Waals surface area contributed by atoms with Gasteiger partial charge in [0.25, 0.3) is 0 Å². The molecule has 2 rings (SSSR count). The highest BCUT2D eigenvalue weighted by molar-refractivity contribution is 9.10. The van der Waals surface area contributed by atoms with Gasteiger partial charge in [-0.05, 0) is 53.0 Å². The fraction of sp³-hybridized carbons (Fsp3) is 0.562. The van der Waals surface area contributed by atoms with Crippen LogP contribution in [0.3, 0.4) is 0 Å². The molecule has 1 aromatic carbocycles. The smallest absolute Gasteiger partial charge is 0.241 e. The topological polar surface area (TPSA) is 35.6 Å². The number of likely N-dealkylation sites (N-methyl/N-ethyl adjacent to an activating group) is 1. The summed E-state index contributed by atoms with van der Waals surface area (Å²) >= 11 is 3.66. The van der Waals surface area contributed by atoms with Gasteiger partial charge in [-0.1, -0.05) is 13.0 Å². The summed E-state index contributed by atoms with van der Waals surface area (Å²) in [6, 6.07) is 6.41. The summed E-state index contributed by atoms with van der Waals surface area (Å²) in [7, 11) is 1.88. The van der Waals surface area contributed by atoms with Crippen LogP contribution in [-0.4, -0.2) is 44.0 Å². The number of halogens is 1. The Morgan fingerprint density at radius 2 is 2.14 bits per heavy atom. The van der Waals surface area contributed by atoms with Gasteiger partial charge in [0.1, 0.15) is 0 Å². The van der Waals surface area contributed by atoms with Crippen LogP contribution in [-0.2, 0) is 11.3 Å². The van der Waals surface area contributed by atoms with Crippen LogP contribution in [0.1, 0.15) is 25.3 Å². The van der Waals surface area contributed by atoms with Gasteiger partial charge >= 0.3 is 0 Å². The number of nitrogens with zero attached hydrogens (tertiary/aromatic N) is 2. The van der Waals surface area contributed by atoms with Gasteiger partial charge in [-0.3, -0.25) is 4.79 Å². The van der Waals surface area contributed by atoms with E-state index in [-0.39, 0.29) is 5.91 Å². The van der Waals surface area contributed by atoms with Crippen molar-refractivity contribution in [3.05, 3.63) is 28.2 Å². The van der Waals surface area contributed by atoms with E-state index in [9.17, 15) is 4.79 Å². The number of rotatable bonds is 5. The molecule has 0 radical (unpaired) electrons. The quantitative estimate of drug-likeness (QED) is 0.826. The van der Waals surface area contributed by atoms with Crippen molar-refractivity contribution >= 4 is 27.5 Å². The molecule has 1 heterocycles. The monoisotopic (exact) mass is 353 g/mol. The molecule has 5 heteroatoms. The van der Waals surface area contributed by atoms with Crippen LogP contribution in [0.15, 0.2) is 22.7 Å². The minimum atomic E-state index is 0.188. The van der Waals surface area contributed by atoms with Gasteiger partial charge in [0.15, 0.2) is 0 Å². The lowest BCUT2D eigenvalue weighted by Crippen LogP contribution is -2.34. The van der Waals surface area contributed by atoms with Gasteiger partial charge in [0.2, 0.25) is 5.91 Å². The van der Waals surface area contributed by atoms with Gasteiger partial charge in [-0.2, -0.15) is 0 Å². The lowest BCUT2D eigenvalue weighted by Gasteiger charge is -2.23. The first kappa shape index (κ1) is 16.3. The molecule has 0 saturated carbocycles. The highest BCUT2D eigenvalue weighted by atomic mass is 79.9. The van der Waals surface area contributed by atoms with Crippen molar-refractivity contribution in [2.75, 3.05) is 38.1 Å². The number of benzene rings is 1. The van der Waals surface area contributed by atoms with E-state index < -0.39 is 0 Å². The Morgan fingerprint density at radius 1 is 1.33 bits per heavy atom. The number of amides is 1. The Bertz CT molecular complexity index is 492. The van der Waals surface area contributed by atoms with E-state index in [1.54, 1.807) is 0 Å². The molecule has 1 saturated heterocycles. The first-order chi connectivity index (χ1) is 10.1. The number of hydrogen-bond donors (Lipinski definition) is 1. The van der Waals surface area contributed by atoms with E-state index in [1.165, 1.54) is 5.56 Å². The minimum absolute atomic E-state index is 0.188. The van der Waals surface area contributed by atoms with E-state index >= 15 is 0 Å². The maximum atomic E-state index is 12.0. The summed E-state index contributed by atoms with van der Waals surface area (Å²) in [6.45, 7) is 6.30. The SMILES string of the molecule is CCCNCc1ccc(N2CCCN(C)C(=O)C2)c(Br)c1. The molecule has 0 bridgehead atoms. The van der Waals surface area contributed by atoms with Gasteiger partial charge in [-0.25, -0.2) is 0 Å². The standard InChI is InChI=1S/C16H24BrN3O/c1-3-7-18-11-13-5-6-15(14(17)10-13)20-9-4-8-19(2)16(21)12-20/h5-6,10,18H,3-4,7-9,11-12H2,1-2H3. The molecule has 21 heavy (non-hydrogen) atoms. The van der Waals surface area contributed by atoms with Crippen LogP contribution < -0.4 is 10.2 Å². The molecular formula is C16H24BrN3O. The maximum absolute atomic E-state index is 12.0. The van der Waals surface area contributed by atoms with E-state index in [0.29, 0.717) is 6.54 Å². The van der Waals surface area contributed by atoms with Crippen molar-refractivity contribution in [2.45, 2.75) is 26.3 Å². The Morgan fingerprint density at radius 3 is 2.86 bits per heavy atom. The highest BCUT2D eigenvalue weighted by Crippen LogP contribution is 2.28. The molecule has 1 aliphatic heterocycles. The summed E-state index contributed by atoms with van der Waals surface area (Å²) < 4.78 is 1.07. The molecule has 116 valence electrons. The summed E-state index contributed by atoms with van der Waals surface area (Å²) in [5, 5.41) is 3.41. The van der Waals surface area contributed by atoms with E-state index in [4.69, 9.17) is 0 Å². The Balaban J connectivity index is 2.07. The first-order valence-corrected chi connectivity index (χ1v) is 8.39. The zero-order chi connectivity index (χ0) is 15.2. The molecule has 1 aromatic rings. The number of anilines is 1. The second-order valence-corrected chi connectivity index (χ2v) is 6.41. The van der Waals surface area contributed by atoms with Gasteiger partial charge in [-0.15, -0.1) is 0 Å². The van der Waals surface area contributed by atoms with Crippen molar-refractivity contribution < 1.29 is 4.79 Å². The average Bonchev–Trinajstić information content (AvgIpc) is 2.62. The van der Waals surface area contributed by atoms with E-state index in [2.05, 4.69) is 51.3 Å². The molecule has 1 N–H and O–H groups in total. The average molecular weight is 354 g/mol. The Hall–Kier alpha value is -1.07. The minimum Gasteiger partial charge on any atom is -0.361 e. The molecule has 1 fully saturated rings. The zero-order valence-corrected chi connectivity index (χ0v) is 14.4. The normalized spacial score (nSPS) is 16.2. The largest absolute Gasteiger partial charge is 0.361 e. The molecular weight excluding hydrogens is 330 g/mol. The van der Waals surface area contributed by atoms with Gasteiger partial charge < -0.3 is 15.1 Å². The summed E-state index contributed by atoms with van der Waals surface area (Å²) in [6.07, 6.45) is 2.15. The molecule has 0 aromatic heterocycles. The van der Waals surface area contributed by atoms with Crippen molar-refractivity contribution in [2.24, 2.45) is 0 Å². The molecule has 0 atom stereocenters. The third kappa shape index (κ3) is 4.45. The van der Waals surface area contributed by atoms with E-state index in [0.717, 1.165) is 49.2 Å². The summed E-state index contributed by atoms with van der Waals surface area (Å²) in [4.78, 5) is 16.0. The van der Waals surface area contributed by atoms with Crippen LogP contribution in [0.4, 0.5) is 5.69 Å². The highest BCUT2D eigenvalue weighted by Gasteiger charge is 2.20. The van der Waals surface area contributed by atoms with Crippen molar-refractivity contribution in [1.29, 1.82) is 0 Å². The van der Waals surface area contributed by atoms with Crippen LogP contribution in [0.2, 0.25) is 0 Å². The van der Waals surface area contributed by atoms with Crippen molar-refractivity contribution in [1.82, 2.24) is 10.2 Å². The lowest BCUT2D eigenvalue weighted by molar-refractivity contribution is -0.127. The van der Waals surface area contributed by atoms with Crippen LogP contribution >= 0.6 is 15.9 Å². The Labute approximate surface area is 135 Å². The number of nitrogens with one attached hydrogen (secondary N) is 1. The van der Waals surface area contributed by atoms with Crippen LogP contribution in [0.25, 0.3) is 0 Å². The van der Waals surface area contributed by atoms with Gasteiger partial charge in [0.05, 0.1) is 12.2 Å². The zero-order valence-electron chi connectivity index (χ0n) is 12.9. The second-order valence-electron chi connectivity index (χ2n) is 5.55. The molecule has 4 nitrogen and oxygen atoms in total. The molecule has 1 amide bonds. The molecule has 0 spiro atoms. The number of hydrogen-bond acceptors (Lipinski definition) is 3. The molecule has 0 unspecified atom stereocenters. The lowest BCUT2D eigenvalue weighted by atomic mass is 10.2. The van der Waals surface area contributed by atoms with Crippen molar-refractivity contribution in [3.63, 3.8) is 0 Å². The Kier molecular flexibility index (Phi) is 6.06. The first-order valence-electron chi connectivity index (χ1n) is 7.60. The molecule has 0 aliphatic carbocycles. The van der Waals surface area contributed by atoms with Gasteiger partial charge in [0, 0.05) is 31.2 Å². The maximum Gasteiger partial charge on any atom is 0.241 e. The van der Waals surface area contributed by atoms with E-state index in [1.807, 2.05) is 11.9 Å². The fourth-order valence-corrected chi connectivity index (χ4v) is 3.20. The van der Waals surface area contributed by atoms with Crippen LogP contribution in [0, 0.1) is 0 Å². The van der Waals surface area contributed by atoms with Crippen LogP contribution in [0.5, 0.6) is 0 Å². The number of carbonyl (C=O) groups is 1. The molecule has 1 aliphatic rings. The third-order valence-corrected chi connectivity index (χ3v) is 4.42. The third-order valence-electron chi connectivity index (χ3n) is 3.78. The number of carbonyl (C=O) groups excluding carboxylic acids is 1. The predicted molar refractivity (Wildman–Crippen MR) is 90.6 cm³/mol. The summed E-state index contributed by atoms with van der Waals surface area (Å²) in [5.74, 6) is 0.188. The fourth-order valence-electron chi connectivity index (χ4n) is 2.52. The second kappa shape index (κ2) is 7.80. The van der Waals surface area contributed by atoms with Crippen molar-refractivity contribution in [3.8, 4) is 0 Å².